The molecule has 0 spiro atoms. The summed E-state index contributed by atoms with van der Waals surface area (Å²) in [6, 6.07) is 16.9. The van der Waals surface area contributed by atoms with Gasteiger partial charge in [-0.15, -0.1) is 5.10 Å². The number of benzene rings is 2. The third-order valence-corrected chi connectivity index (χ3v) is 6.83. The Balaban J connectivity index is 1.42. The molecular formula is C23H24FN5OS. The van der Waals surface area contributed by atoms with Crippen LogP contribution >= 0.6 is 11.3 Å². The standard InChI is InChI=1S/C23H24FN5OS/c1-16-25-23-29(26-16)22(30)21(31-23)20(18-7-9-19(24)10-8-18)28-13-11-27(12-14-28)15-17-5-3-2-4-6-17/h2-10,20,30H,11-15H2,1H3/t20-/m1/s1. The van der Waals surface area contributed by atoms with Gasteiger partial charge in [-0.3, -0.25) is 9.80 Å². The van der Waals surface area contributed by atoms with Crippen molar-refractivity contribution in [2.24, 2.45) is 0 Å². The minimum absolute atomic E-state index is 0.113. The van der Waals surface area contributed by atoms with Gasteiger partial charge in [0.25, 0.3) is 0 Å². The molecule has 2 aromatic carbocycles. The van der Waals surface area contributed by atoms with E-state index in [9.17, 15) is 9.50 Å². The number of nitrogens with zero attached hydrogens (tertiary/aromatic N) is 5. The van der Waals surface area contributed by atoms with Crippen LogP contribution in [0.1, 0.15) is 27.9 Å². The second-order valence-corrected chi connectivity index (χ2v) is 8.90. The summed E-state index contributed by atoms with van der Waals surface area (Å²) in [7, 11) is 0. The van der Waals surface area contributed by atoms with Crippen molar-refractivity contribution in [1.29, 1.82) is 0 Å². The molecule has 0 aliphatic carbocycles. The molecule has 1 fully saturated rings. The molecule has 1 saturated heterocycles. The zero-order valence-corrected chi connectivity index (χ0v) is 18.1. The Kier molecular flexibility index (Phi) is 5.43. The van der Waals surface area contributed by atoms with Crippen molar-refractivity contribution < 1.29 is 9.50 Å². The van der Waals surface area contributed by atoms with Gasteiger partial charge in [0.1, 0.15) is 11.6 Å². The maximum atomic E-state index is 13.6. The van der Waals surface area contributed by atoms with Gasteiger partial charge >= 0.3 is 0 Å². The van der Waals surface area contributed by atoms with E-state index in [2.05, 4.69) is 44.1 Å². The lowest BCUT2D eigenvalue weighted by Crippen LogP contribution is -2.47. The number of piperazine rings is 1. The van der Waals surface area contributed by atoms with E-state index in [1.807, 2.05) is 13.0 Å². The SMILES string of the molecule is Cc1nc2sc([C@@H](c3ccc(F)cc3)N3CCN(Cc4ccccc4)CC3)c(O)n2n1. The van der Waals surface area contributed by atoms with Crippen molar-refractivity contribution in [3.05, 3.63) is 82.2 Å². The largest absolute Gasteiger partial charge is 0.492 e. The van der Waals surface area contributed by atoms with E-state index in [1.165, 1.54) is 33.5 Å². The van der Waals surface area contributed by atoms with Gasteiger partial charge < -0.3 is 5.11 Å². The van der Waals surface area contributed by atoms with Gasteiger partial charge in [-0.1, -0.05) is 53.8 Å². The minimum atomic E-state index is -0.266. The van der Waals surface area contributed by atoms with Crippen molar-refractivity contribution in [3.63, 3.8) is 0 Å². The Morgan fingerprint density at radius 1 is 1.03 bits per heavy atom. The van der Waals surface area contributed by atoms with Crippen LogP contribution in [-0.4, -0.2) is 55.7 Å². The van der Waals surface area contributed by atoms with Crippen molar-refractivity contribution in [3.8, 4) is 5.88 Å². The zero-order valence-electron chi connectivity index (χ0n) is 17.3. The first-order valence-electron chi connectivity index (χ1n) is 10.4. The first-order chi connectivity index (χ1) is 15.1. The van der Waals surface area contributed by atoms with Crippen molar-refractivity contribution >= 4 is 16.3 Å². The Hall–Kier alpha value is -2.81. The fraction of sp³-hybridized carbons (Fsp3) is 0.304. The molecule has 31 heavy (non-hydrogen) atoms. The molecule has 5 rings (SSSR count). The smallest absolute Gasteiger partial charge is 0.230 e. The minimum Gasteiger partial charge on any atom is -0.492 e. The normalized spacial score (nSPS) is 16.7. The fourth-order valence-corrected chi connectivity index (χ4v) is 5.38. The number of fused-ring (bicyclic) bond motifs is 1. The summed E-state index contributed by atoms with van der Waals surface area (Å²) in [4.78, 5) is 10.7. The lowest BCUT2D eigenvalue weighted by molar-refractivity contribution is 0.105. The number of thiazole rings is 1. The van der Waals surface area contributed by atoms with E-state index in [-0.39, 0.29) is 17.7 Å². The van der Waals surface area contributed by atoms with Crippen LogP contribution < -0.4 is 0 Å². The Morgan fingerprint density at radius 2 is 1.74 bits per heavy atom. The average molecular weight is 438 g/mol. The van der Waals surface area contributed by atoms with Crippen molar-refractivity contribution in [2.45, 2.75) is 19.5 Å². The molecule has 6 nitrogen and oxygen atoms in total. The fourth-order valence-electron chi connectivity index (χ4n) is 4.22. The second kappa shape index (κ2) is 8.37. The number of aromatic nitrogens is 3. The van der Waals surface area contributed by atoms with E-state index in [1.54, 1.807) is 12.1 Å². The molecule has 1 N–H and O–H groups in total. The molecule has 0 saturated carbocycles. The lowest BCUT2D eigenvalue weighted by Gasteiger charge is -2.39. The third-order valence-electron chi connectivity index (χ3n) is 5.76. The first-order valence-corrected chi connectivity index (χ1v) is 11.2. The summed E-state index contributed by atoms with van der Waals surface area (Å²) in [5.41, 5.74) is 2.26. The van der Waals surface area contributed by atoms with Gasteiger partial charge in [0.05, 0.1) is 10.9 Å². The maximum Gasteiger partial charge on any atom is 0.230 e. The second-order valence-electron chi connectivity index (χ2n) is 7.90. The van der Waals surface area contributed by atoms with Crippen LogP contribution in [-0.2, 0) is 6.54 Å². The summed E-state index contributed by atoms with van der Waals surface area (Å²) < 4.78 is 15.1. The highest BCUT2D eigenvalue weighted by atomic mass is 32.1. The monoisotopic (exact) mass is 437 g/mol. The summed E-state index contributed by atoms with van der Waals surface area (Å²) in [5.74, 6) is 0.472. The van der Waals surface area contributed by atoms with Gasteiger partial charge in [-0.25, -0.2) is 9.37 Å². The molecule has 1 aliphatic rings. The van der Waals surface area contributed by atoms with E-state index in [4.69, 9.17) is 0 Å². The molecule has 0 bridgehead atoms. The molecule has 0 amide bonds. The van der Waals surface area contributed by atoms with Crippen LogP contribution in [0.3, 0.4) is 0 Å². The van der Waals surface area contributed by atoms with E-state index < -0.39 is 0 Å². The number of halogens is 1. The topological polar surface area (TPSA) is 56.9 Å². The van der Waals surface area contributed by atoms with Crippen LogP contribution in [0.2, 0.25) is 0 Å². The van der Waals surface area contributed by atoms with Gasteiger partial charge in [0.15, 0.2) is 0 Å². The predicted octanol–water partition coefficient (Wildman–Crippen LogP) is 3.85. The highest BCUT2D eigenvalue weighted by Gasteiger charge is 2.31. The van der Waals surface area contributed by atoms with E-state index in [0.29, 0.717) is 10.8 Å². The van der Waals surface area contributed by atoms with Crippen LogP contribution in [0.25, 0.3) is 4.96 Å². The molecule has 1 atom stereocenters. The summed E-state index contributed by atoms with van der Waals surface area (Å²) >= 11 is 1.44. The molecular weight excluding hydrogens is 413 g/mol. The Bertz CT molecular complexity index is 1170. The van der Waals surface area contributed by atoms with Gasteiger partial charge in [-0.2, -0.15) is 4.52 Å². The van der Waals surface area contributed by atoms with Gasteiger partial charge in [-0.05, 0) is 30.2 Å². The zero-order chi connectivity index (χ0) is 21.4. The summed E-state index contributed by atoms with van der Waals surface area (Å²) in [6.07, 6.45) is 0. The van der Waals surface area contributed by atoms with Gasteiger partial charge in [0, 0.05) is 32.7 Å². The highest BCUT2D eigenvalue weighted by Crippen LogP contribution is 2.40. The van der Waals surface area contributed by atoms with Crippen LogP contribution in [0.15, 0.2) is 54.6 Å². The molecule has 2 aromatic heterocycles. The number of aromatic hydroxyl groups is 1. The quantitative estimate of drug-likeness (QED) is 0.514. The number of hydrogen-bond donors (Lipinski definition) is 1. The molecule has 0 unspecified atom stereocenters. The van der Waals surface area contributed by atoms with Crippen molar-refractivity contribution in [1.82, 2.24) is 24.4 Å². The molecule has 1 aliphatic heterocycles. The Morgan fingerprint density at radius 3 is 2.42 bits per heavy atom. The summed E-state index contributed by atoms with van der Waals surface area (Å²) in [6.45, 7) is 6.28. The molecule has 8 heteroatoms. The van der Waals surface area contributed by atoms with E-state index in [0.717, 1.165) is 43.2 Å². The number of hydrogen-bond acceptors (Lipinski definition) is 6. The third kappa shape index (κ3) is 4.06. The predicted molar refractivity (Wildman–Crippen MR) is 119 cm³/mol. The number of aryl methyl sites for hydroxylation is 1. The molecule has 3 heterocycles. The average Bonchev–Trinajstić information content (AvgIpc) is 3.29. The van der Waals surface area contributed by atoms with E-state index >= 15 is 0 Å². The first kappa shape index (κ1) is 20.1. The van der Waals surface area contributed by atoms with Crippen molar-refractivity contribution in [2.75, 3.05) is 26.2 Å². The van der Waals surface area contributed by atoms with Crippen LogP contribution in [0.5, 0.6) is 5.88 Å². The summed E-state index contributed by atoms with van der Waals surface area (Å²) in [5, 5.41) is 15.2. The van der Waals surface area contributed by atoms with Crippen LogP contribution in [0, 0.1) is 12.7 Å². The van der Waals surface area contributed by atoms with Gasteiger partial charge in [0.2, 0.25) is 10.8 Å². The molecule has 160 valence electrons. The number of rotatable bonds is 5. The maximum absolute atomic E-state index is 13.6. The molecule has 0 radical (unpaired) electrons. The highest BCUT2D eigenvalue weighted by molar-refractivity contribution is 7.17. The Labute approximate surface area is 184 Å². The lowest BCUT2D eigenvalue weighted by atomic mass is 10.0. The van der Waals surface area contributed by atoms with Crippen LogP contribution in [0.4, 0.5) is 4.39 Å². The molecule has 4 aromatic rings.